The molecule has 0 saturated heterocycles. The van der Waals surface area contributed by atoms with E-state index in [1.165, 1.54) is 5.56 Å². The van der Waals surface area contributed by atoms with Crippen LogP contribution in [0.2, 0.25) is 0 Å². The number of rotatable bonds is 5. The summed E-state index contributed by atoms with van der Waals surface area (Å²) in [6, 6.07) is 17.7. The summed E-state index contributed by atoms with van der Waals surface area (Å²) in [5, 5.41) is 0. The molecule has 0 spiro atoms. The number of carbonyl (C=O) groups is 1. The number of hydrogen-bond acceptors (Lipinski definition) is 2. The fourth-order valence-corrected chi connectivity index (χ4v) is 2.56. The molecule has 3 nitrogen and oxygen atoms in total. The number of nitrogens with two attached hydrogens (primary N) is 1. The van der Waals surface area contributed by atoms with Gasteiger partial charge >= 0.3 is 0 Å². The van der Waals surface area contributed by atoms with Gasteiger partial charge in [-0.05, 0) is 37.5 Å². The second-order valence-electron chi connectivity index (χ2n) is 5.81. The summed E-state index contributed by atoms with van der Waals surface area (Å²) in [5.41, 5.74) is 8.52. The Morgan fingerprint density at radius 1 is 1.09 bits per heavy atom. The standard InChI is InChI=1S/C19H24N2O.ClH/c1-4-21(14-16-11-9-8-10-15(16)2)18(22)19(3,20)17-12-6-5-7-13-17;/h5-13H,4,14,20H2,1-3H3;1H. The fourth-order valence-electron chi connectivity index (χ4n) is 2.56. The van der Waals surface area contributed by atoms with Crippen LogP contribution in [0.3, 0.4) is 0 Å². The van der Waals surface area contributed by atoms with Crippen LogP contribution in [-0.4, -0.2) is 17.4 Å². The van der Waals surface area contributed by atoms with Crippen molar-refractivity contribution >= 4 is 18.3 Å². The molecular formula is C19H25ClN2O. The van der Waals surface area contributed by atoms with E-state index in [-0.39, 0.29) is 18.3 Å². The molecule has 4 heteroatoms. The van der Waals surface area contributed by atoms with Gasteiger partial charge in [-0.15, -0.1) is 12.4 Å². The molecule has 0 aliphatic carbocycles. The van der Waals surface area contributed by atoms with Gasteiger partial charge in [0, 0.05) is 13.1 Å². The highest BCUT2D eigenvalue weighted by Gasteiger charge is 2.33. The molecule has 0 fully saturated rings. The zero-order valence-corrected chi connectivity index (χ0v) is 14.8. The molecule has 124 valence electrons. The van der Waals surface area contributed by atoms with E-state index < -0.39 is 5.54 Å². The van der Waals surface area contributed by atoms with Crippen molar-refractivity contribution in [1.82, 2.24) is 4.90 Å². The highest BCUT2D eigenvalue weighted by atomic mass is 35.5. The first kappa shape index (κ1) is 19.2. The minimum atomic E-state index is -1.01. The first-order chi connectivity index (χ1) is 10.5. The highest BCUT2D eigenvalue weighted by Crippen LogP contribution is 2.22. The number of aryl methyl sites for hydroxylation is 1. The van der Waals surface area contributed by atoms with E-state index in [1.807, 2.05) is 54.3 Å². The maximum atomic E-state index is 12.9. The van der Waals surface area contributed by atoms with Crippen LogP contribution in [-0.2, 0) is 16.9 Å². The number of halogens is 1. The first-order valence-corrected chi connectivity index (χ1v) is 7.65. The molecule has 0 aliphatic rings. The van der Waals surface area contributed by atoms with Gasteiger partial charge in [0.2, 0.25) is 5.91 Å². The van der Waals surface area contributed by atoms with Gasteiger partial charge in [0.05, 0.1) is 0 Å². The molecule has 2 aromatic rings. The molecule has 0 aromatic heterocycles. The molecule has 1 amide bonds. The molecule has 0 bridgehead atoms. The molecule has 2 rings (SSSR count). The second-order valence-corrected chi connectivity index (χ2v) is 5.81. The van der Waals surface area contributed by atoms with Gasteiger partial charge in [0.15, 0.2) is 0 Å². The lowest BCUT2D eigenvalue weighted by Crippen LogP contribution is -2.50. The van der Waals surface area contributed by atoms with Crippen molar-refractivity contribution in [3.8, 4) is 0 Å². The number of benzene rings is 2. The number of likely N-dealkylation sites (N-methyl/N-ethyl adjacent to an activating group) is 1. The highest BCUT2D eigenvalue weighted by molar-refractivity contribution is 5.87. The number of nitrogens with zero attached hydrogens (tertiary/aromatic N) is 1. The predicted octanol–water partition coefficient (Wildman–Crippen LogP) is 3.64. The molecule has 0 aliphatic heterocycles. The van der Waals surface area contributed by atoms with Crippen LogP contribution in [0.4, 0.5) is 0 Å². The van der Waals surface area contributed by atoms with Crippen molar-refractivity contribution in [2.75, 3.05) is 6.54 Å². The summed E-state index contributed by atoms with van der Waals surface area (Å²) >= 11 is 0. The Labute approximate surface area is 144 Å². The minimum Gasteiger partial charge on any atom is -0.337 e. The molecule has 0 heterocycles. The predicted molar refractivity (Wildman–Crippen MR) is 97.5 cm³/mol. The molecule has 1 unspecified atom stereocenters. The van der Waals surface area contributed by atoms with Crippen molar-refractivity contribution in [2.24, 2.45) is 5.73 Å². The Hall–Kier alpha value is -1.84. The Balaban J connectivity index is 0.00000264. The number of hydrogen-bond donors (Lipinski definition) is 1. The van der Waals surface area contributed by atoms with Gasteiger partial charge in [0.25, 0.3) is 0 Å². The molecule has 2 aromatic carbocycles. The Kier molecular flexibility index (Phi) is 6.79. The van der Waals surface area contributed by atoms with Crippen LogP contribution in [0.5, 0.6) is 0 Å². The van der Waals surface area contributed by atoms with Gasteiger partial charge in [-0.25, -0.2) is 0 Å². The van der Waals surface area contributed by atoms with Crippen LogP contribution in [0, 0.1) is 6.92 Å². The minimum absolute atomic E-state index is 0. The first-order valence-electron chi connectivity index (χ1n) is 7.65. The maximum absolute atomic E-state index is 12.9. The van der Waals surface area contributed by atoms with Gasteiger partial charge in [-0.3, -0.25) is 4.79 Å². The Bertz CT molecular complexity index is 641. The lowest BCUT2D eigenvalue weighted by atomic mass is 9.91. The van der Waals surface area contributed by atoms with E-state index >= 15 is 0 Å². The van der Waals surface area contributed by atoms with E-state index in [4.69, 9.17) is 5.73 Å². The zero-order valence-electron chi connectivity index (χ0n) is 14.0. The lowest BCUT2D eigenvalue weighted by molar-refractivity contribution is -0.137. The maximum Gasteiger partial charge on any atom is 0.247 e. The smallest absolute Gasteiger partial charge is 0.247 e. The fraction of sp³-hybridized carbons (Fsp3) is 0.316. The van der Waals surface area contributed by atoms with Crippen LogP contribution in [0.15, 0.2) is 54.6 Å². The van der Waals surface area contributed by atoms with E-state index in [9.17, 15) is 4.79 Å². The third kappa shape index (κ3) is 4.34. The van der Waals surface area contributed by atoms with Crippen LogP contribution >= 0.6 is 12.4 Å². The molecule has 23 heavy (non-hydrogen) atoms. The number of amides is 1. The normalized spacial score (nSPS) is 12.9. The number of carbonyl (C=O) groups excluding carboxylic acids is 1. The van der Waals surface area contributed by atoms with Crippen LogP contribution < -0.4 is 5.73 Å². The topological polar surface area (TPSA) is 46.3 Å². The third-order valence-electron chi connectivity index (χ3n) is 4.11. The SMILES string of the molecule is CCN(Cc1ccccc1C)C(=O)C(C)(N)c1ccccc1.Cl. The van der Waals surface area contributed by atoms with E-state index in [0.717, 1.165) is 11.1 Å². The zero-order chi connectivity index (χ0) is 16.2. The molecule has 0 radical (unpaired) electrons. The summed E-state index contributed by atoms with van der Waals surface area (Å²) in [6.45, 7) is 7.04. The van der Waals surface area contributed by atoms with Crippen molar-refractivity contribution in [3.63, 3.8) is 0 Å². The van der Waals surface area contributed by atoms with E-state index in [1.54, 1.807) is 6.92 Å². The Morgan fingerprint density at radius 2 is 1.65 bits per heavy atom. The molecule has 1 atom stereocenters. The third-order valence-corrected chi connectivity index (χ3v) is 4.11. The van der Waals surface area contributed by atoms with E-state index in [2.05, 4.69) is 19.1 Å². The van der Waals surface area contributed by atoms with Crippen LogP contribution in [0.1, 0.15) is 30.5 Å². The monoisotopic (exact) mass is 332 g/mol. The molecule has 2 N–H and O–H groups in total. The average molecular weight is 333 g/mol. The van der Waals surface area contributed by atoms with Crippen molar-refractivity contribution in [2.45, 2.75) is 32.9 Å². The summed E-state index contributed by atoms with van der Waals surface area (Å²) in [7, 11) is 0. The van der Waals surface area contributed by atoms with Crippen molar-refractivity contribution in [3.05, 3.63) is 71.3 Å². The lowest BCUT2D eigenvalue weighted by Gasteiger charge is -2.32. The van der Waals surface area contributed by atoms with Gasteiger partial charge in [-0.2, -0.15) is 0 Å². The summed E-state index contributed by atoms with van der Waals surface area (Å²) in [5.74, 6) is -0.0514. The summed E-state index contributed by atoms with van der Waals surface area (Å²) in [4.78, 5) is 14.7. The summed E-state index contributed by atoms with van der Waals surface area (Å²) < 4.78 is 0. The molecular weight excluding hydrogens is 308 g/mol. The molecule has 0 saturated carbocycles. The largest absolute Gasteiger partial charge is 0.337 e. The second kappa shape index (κ2) is 8.14. The average Bonchev–Trinajstić information content (AvgIpc) is 2.54. The van der Waals surface area contributed by atoms with Gasteiger partial charge in [0.1, 0.15) is 5.54 Å². The van der Waals surface area contributed by atoms with Crippen molar-refractivity contribution in [1.29, 1.82) is 0 Å². The van der Waals surface area contributed by atoms with Gasteiger partial charge in [-0.1, -0.05) is 54.6 Å². The van der Waals surface area contributed by atoms with E-state index in [0.29, 0.717) is 13.1 Å². The van der Waals surface area contributed by atoms with Gasteiger partial charge < -0.3 is 10.6 Å². The quantitative estimate of drug-likeness (QED) is 0.908. The Morgan fingerprint density at radius 3 is 2.22 bits per heavy atom. The summed E-state index contributed by atoms with van der Waals surface area (Å²) in [6.07, 6.45) is 0. The van der Waals surface area contributed by atoms with Crippen molar-refractivity contribution < 1.29 is 4.79 Å². The van der Waals surface area contributed by atoms with Crippen LogP contribution in [0.25, 0.3) is 0 Å².